The van der Waals surface area contributed by atoms with Crippen LogP contribution in [0.25, 0.3) is 0 Å². The minimum Gasteiger partial charge on any atom is -0.389 e. The van der Waals surface area contributed by atoms with Crippen molar-refractivity contribution in [1.82, 2.24) is 5.32 Å². The third kappa shape index (κ3) is 5.84. The lowest BCUT2D eigenvalue weighted by Gasteiger charge is -2.32. The largest absolute Gasteiger partial charge is 0.389 e. The Balaban J connectivity index is 2.13. The minimum atomic E-state index is -0.382. The first-order valence-electron chi connectivity index (χ1n) is 7.02. The Kier molecular flexibility index (Phi) is 6.45. The molecule has 0 bridgehead atoms. The molecule has 2 N–H and O–H groups in total. The van der Waals surface area contributed by atoms with Gasteiger partial charge in [0, 0.05) is 12.6 Å². The molecule has 1 fully saturated rings. The van der Waals surface area contributed by atoms with Crippen molar-refractivity contribution in [2.45, 2.75) is 65.2 Å². The zero-order valence-electron chi connectivity index (χ0n) is 11.8. The highest BCUT2D eigenvalue weighted by molar-refractivity contribution is 4.76. The van der Waals surface area contributed by atoms with Crippen molar-refractivity contribution < 1.29 is 9.84 Å². The maximum atomic E-state index is 9.76. The van der Waals surface area contributed by atoms with Gasteiger partial charge in [0.1, 0.15) is 0 Å². The number of nitrogens with one attached hydrogen (secondary N) is 1. The van der Waals surface area contributed by atoms with E-state index in [0.717, 1.165) is 24.7 Å². The van der Waals surface area contributed by atoms with Crippen molar-refractivity contribution in [3.05, 3.63) is 0 Å². The molecule has 0 heterocycles. The summed E-state index contributed by atoms with van der Waals surface area (Å²) in [5.74, 6) is 1.57. The van der Waals surface area contributed by atoms with Gasteiger partial charge in [-0.2, -0.15) is 0 Å². The standard InChI is InChI=1S/C14H29NO2/c1-10(2)15-8-13(16)9-17-14-6-5-11(3)12(4)7-14/h10-16H,5-9H2,1-4H3. The van der Waals surface area contributed by atoms with Crippen LogP contribution in [0.5, 0.6) is 0 Å². The third-order valence-electron chi connectivity index (χ3n) is 3.84. The molecule has 0 aromatic carbocycles. The van der Waals surface area contributed by atoms with Crippen LogP contribution in [0.4, 0.5) is 0 Å². The van der Waals surface area contributed by atoms with Crippen LogP contribution in [-0.4, -0.2) is 36.5 Å². The second kappa shape index (κ2) is 7.34. The molecule has 3 heteroatoms. The lowest BCUT2D eigenvalue weighted by Crippen LogP contribution is -2.36. The Morgan fingerprint density at radius 3 is 2.53 bits per heavy atom. The summed E-state index contributed by atoms with van der Waals surface area (Å²) >= 11 is 0. The Morgan fingerprint density at radius 1 is 1.24 bits per heavy atom. The van der Waals surface area contributed by atoms with Crippen molar-refractivity contribution in [2.75, 3.05) is 13.2 Å². The number of aliphatic hydroxyl groups excluding tert-OH is 1. The Bertz CT molecular complexity index is 208. The Hall–Kier alpha value is -0.120. The summed E-state index contributed by atoms with van der Waals surface area (Å²) in [4.78, 5) is 0. The Labute approximate surface area is 106 Å². The van der Waals surface area contributed by atoms with E-state index in [1.54, 1.807) is 0 Å². The summed E-state index contributed by atoms with van der Waals surface area (Å²) in [5.41, 5.74) is 0. The predicted molar refractivity (Wildman–Crippen MR) is 71.1 cm³/mol. The highest BCUT2D eigenvalue weighted by atomic mass is 16.5. The first-order valence-corrected chi connectivity index (χ1v) is 7.02. The minimum absolute atomic E-state index is 0.356. The van der Waals surface area contributed by atoms with Crippen molar-refractivity contribution >= 4 is 0 Å². The fourth-order valence-corrected chi connectivity index (χ4v) is 2.33. The van der Waals surface area contributed by atoms with Crippen LogP contribution in [0, 0.1) is 11.8 Å². The highest BCUT2D eigenvalue weighted by Gasteiger charge is 2.25. The fourth-order valence-electron chi connectivity index (χ4n) is 2.33. The van der Waals surface area contributed by atoms with E-state index in [0.29, 0.717) is 25.3 Å². The van der Waals surface area contributed by atoms with Gasteiger partial charge in [-0.3, -0.25) is 0 Å². The first-order chi connectivity index (χ1) is 7.99. The van der Waals surface area contributed by atoms with E-state index in [1.807, 2.05) is 0 Å². The summed E-state index contributed by atoms with van der Waals surface area (Å²) in [7, 11) is 0. The maximum absolute atomic E-state index is 9.76. The second-order valence-corrected chi connectivity index (χ2v) is 5.94. The molecule has 102 valence electrons. The molecule has 1 rings (SSSR count). The third-order valence-corrected chi connectivity index (χ3v) is 3.84. The van der Waals surface area contributed by atoms with Gasteiger partial charge in [0.05, 0.1) is 18.8 Å². The predicted octanol–water partition coefficient (Wildman–Crippen LogP) is 2.19. The van der Waals surface area contributed by atoms with E-state index in [4.69, 9.17) is 4.74 Å². The summed E-state index contributed by atoms with van der Waals surface area (Å²) in [6.07, 6.45) is 3.52. The monoisotopic (exact) mass is 243 g/mol. The number of hydrogen-bond acceptors (Lipinski definition) is 3. The van der Waals surface area contributed by atoms with Crippen LogP contribution >= 0.6 is 0 Å². The van der Waals surface area contributed by atoms with Gasteiger partial charge < -0.3 is 15.2 Å². The molecule has 0 saturated heterocycles. The van der Waals surface area contributed by atoms with Crippen LogP contribution in [0.15, 0.2) is 0 Å². The van der Waals surface area contributed by atoms with Gasteiger partial charge in [0.15, 0.2) is 0 Å². The van der Waals surface area contributed by atoms with Crippen LogP contribution < -0.4 is 5.32 Å². The lowest BCUT2D eigenvalue weighted by molar-refractivity contribution is -0.0385. The molecule has 17 heavy (non-hydrogen) atoms. The van der Waals surface area contributed by atoms with Crippen LogP contribution in [-0.2, 0) is 4.74 Å². The lowest BCUT2D eigenvalue weighted by atomic mass is 9.80. The van der Waals surface area contributed by atoms with Crippen molar-refractivity contribution in [2.24, 2.45) is 11.8 Å². The molecule has 0 amide bonds. The molecule has 0 radical (unpaired) electrons. The maximum Gasteiger partial charge on any atom is 0.0897 e. The van der Waals surface area contributed by atoms with Crippen molar-refractivity contribution in [1.29, 1.82) is 0 Å². The van der Waals surface area contributed by atoms with Crippen molar-refractivity contribution in [3.63, 3.8) is 0 Å². The molecule has 4 atom stereocenters. The van der Waals surface area contributed by atoms with Crippen LogP contribution in [0.3, 0.4) is 0 Å². The quantitative estimate of drug-likeness (QED) is 0.751. The van der Waals surface area contributed by atoms with Crippen molar-refractivity contribution in [3.8, 4) is 0 Å². The van der Waals surface area contributed by atoms with Gasteiger partial charge in [-0.1, -0.05) is 27.7 Å². The topological polar surface area (TPSA) is 41.5 Å². The molecule has 1 aliphatic rings. The fraction of sp³-hybridized carbons (Fsp3) is 1.00. The molecule has 0 spiro atoms. The smallest absolute Gasteiger partial charge is 0.0897 e. The van der Waals surface area contributed by atoms with E-state index < -0.39 is 0 Å². The van der Waals surface area contributed by atoms with E-state index >= 15 is 0 Å². The molecule has 4 unspecified atom stereocenters. The first kappa shape index (κ1) is 14.9. The van der Waals surface area contributed by atoms with Crippen LogP contribution in [0.1, 0.15) is 47.0 Å². The molecule has 3 nitrogen and oxygen atoms in total. The average molecular weight is 243 g/mol. The van der Waals surface area contributed by atoms with Gasteiger partial charge in [-0.05, 0) is 31.1 Å². The van der Waals surface area contributed by atoms with Crippen LogP contribution in [0.2, 0.25) is 0 Å². The molecule has 1 saturated carbocycles. The zero-order chi connectivity index (χ0) is 12.8. The molecule has 0 aromatic heterocycles. The molecular weight excluding hydrogens is 214 g/mol. The SMILES string of the molecule is CC(C)NCC(O)COC1CCC(C)C(C)C1. The second-order valence-electron chi connectivity index (χ2n) is 5.94. The molecule has 0 aromatic rings. The summed E-state index contributed by atoms with van der Waals surface area (Å²) < 4.78 is 5.81. The number of rotatable bonds is 6. The van der Waals surface area contributed by atoms with E-state index in [1.165, 1.54) is 6.42 Å². The molecule has 1 aliphatic carbocycles. The summed E-state index contributed by atoms with van der Waals surface area (Å²) in [6, 6.07) is 0.417. The number of aliphatic hydroxyl groups is 1. The van der Waals surface area contributed by atoms with Gasteiger partial charge in [-0.15, -0.1) is 0 Å². The van der Waals surface area contributed by atoms with Gasteiger partial charge in [0.25, 0.3) is 0 Å². The number of ether oxygens (including phenoxy) is 1. The molecule has 0 aliphatic heterocycles. The van der Waals surface area contributed by atoms with E-state index in [2.05, 4.69) is 33.0 Å². The molecular formula is C14H29NO2. The Morgan fingerprint density at radius 2 is 1.94 bits per heavy atom. The van der Waals surface area contributed by atoms with Gasteiger partial charge >= 0.3 is 0 Å². The van der Waals surface area contributed by atoms with Gasteiger partial charge in [-0.25, -0.2) is 0 Å². The highest BCUT2D eigenvalue weighted by Crippen LogP contribution is 2.30. The summed E-state index contributed by atoms with van der Waals surface area (Å²) in [5, 5.41) is 13.0. The van der Waals surface area contributed by atoms with E-state index in [-0.39, 0.29) is 6.10 Å². The normalized spacial score (nSPS) is 31.8. The summed E-state index contributed by atoms with van der Waals surface area (Å²) in [6.45, 7) is 9.87. The van der Waals surface area contributed by atoms with E-state index in [9.17, 15) is 5.11 Å². The number of hydrogen-bond donors (Lipinski definition) is 2. The average Bonchev–Trinajstić information content (AvgIpc) is 2.28. The zero-order valence-corrected chi connectivity index (χ0v) is 11.8. The van der Waals surface area contributed by atoms with Gasteiger partial charge in [0.2, 0.25) is 0 Å².